The second-order valence-electron chi connectivity index (χ2n) is 15.7. The van der Waals surface area contributed by atoms with Gasteiger partial charge < -0.3 is 63.0 Å². The third-order valence-electron chi connectivity index (χ3n) is 11.3. The number of methoxy groups -OCH3 is 2. The third kappa shape index (κ3) is 10.00. The summed E-state index contributed by atoms with van der Waals surface area (Å²) in [5, 5.41) is 8.23. The summed E-state index contributed by atoms with van der Waals surface area (Å²) in [6, 6.07) is 5.62. The predicted octanol–water partition coefficient (Wildman–Crippen LogP) is 4.81. The first-order valence-electron chi connectivity index (χ1n) is 21.2. The molecule has 3 aliphatic heterocycles. The molecule has 346 valence electrons. The number of carbonyl (C=O) groups is 6. The number of aryl methyl sites for hydroxylation is 2. The highest BCUT2D eigenvalue weighted by Gasteiger charge is 2.48. The number of nitrogens with one attached hydrogen (secondary N) is 3. The van der Waals surface area contributed by atoms with E-state index in [1.54, 1.807) is 50.6 Å². The molecule has 0 saturated carbocycles. The number of ether oxygens (including phenoxy) is 6. The number of carbonyl (C=O) groups excluding carboxylic acids is 6. The highest BCUT2D eigenvalue weighted by molar-refractivity contribution is 6.07. The maximum Gasteiger partial charge on any atom is 0.416 e. The quantitative estimate of drug-likeness (QED) is 0.0781. The normalized spacial score (nSPS) is 17.9. The lowest BCUT2D eigenvalue weighted by molar-refractivity contribution is -0.195. The first-order valence-corrected chi connectivity index (χ1v) is 21.2. The van der Waals surface area contributed by atoms with Crippen LogP contribution in [0.1, 0.15) is 86.9 Å². The molecule has 6 heterocycles. The fourth-order valence-corrected chi connectivity index (χ4v) is 8.06. The Kier molecular flexibility index (Phi) is 14.2. The van der Waals surface area contributed by atoms with Crippen molar-refractivity contribution in [3.05, 3.63) is 78.3 Å². The van der Waals surface area contributed by atoms with E-state index in [1.165, 1.54) is 57.2 Å². The van der Waals surface area contributed by atoms with Gasteiger partial charge in [-0.25, -0.2) is 19.5 Å². The molecule has 1 aromatic carbocycles. The lowest BCUT2D eigenvalue weighted by Crippen LogP contribution is -2.54. The lowest BCUT2D eigenvalue weighted by Gasteiger charge is -2.38. The van der Waals surface area contributed by atoms with E-state index in [0.717, 1.165) is 19.3 Å². The number of benzene rings is 1. The molecule has 5 amide bonds. The van der Waals surface area contributed by atoms with Crippen molar-refractivity contribution in [1.29, 1.82) is 0 Å². The number of rotatable bonds is 16. The lowest BCUT2D eigenvalue weighted by atomic mass is 10.1. The molecule has 4 aromatic rings. The van der Waals surface area contributed by atoms with E-state index < -0.39 is 42.4 Å². The van der Waals surface area contributed by atoms with Crippen LogP contribution in [0.15, 0.2) is 55.5 Å². The van der Waals surface area contributed by atoms with Crippen molar-refractivity contribution >= 4 is 58.6 Å². The second-order valence-corrected chi connectivity index (χ2v) is 15.7. The van der Waals surface area contributed by atoms with E-state index in [2.05, 4.69) is 27.5 Å². The zero-order chi connectivity index (χ0) is 46.4. The molecule has 3 aromatic heterocycles. The summed E-state index contributed by atoms with van der Waals surface area (Å²) in [7, 11) is 7.57. The molecule has 65 heavy (non-hydrogen) atoms. The van der Waals surface area contributed by atoms with E-state index in [-0.39, 0.29) is 83.6 Å². The predicted molar refractivity (Wildman–Crippen MR) is 234 cm³/mol. The second kappa shape index (κ2) is 20.1. The molecule has 3 atom stereocenters. The van der Waals surface area contributed by atoms with Crippen molar-refractivity contribution in [2.75, 3.05) is 61.4 Å². The Morgan fingerprint density at radius 1 is 0.908 bits per heavy atom. The Labute approximate surface area is 374 Å². The van der Waals surface area contributed by atoms with E-state index >= 15 is 0 Å². The maximum atomic E-state index is 14.1. The third-order valence-corrected chi connectivity index (χ3v) is 11.3. The fourth-order valence-electron chi connectivity index (χ4n) is 8.06. The summed E-state index contributed by atoms with van der Waals surface area (Å²) in [5.41, 5.74) is 1.62. The minimum Gasteiger partial charge on any atom is -0.493 e. The van der Waals surface area contributed by atoms with Crippen LogP contribution in [0.5, 0.6) is 11.5 Å². The molecule has 21 heteroatoms. The van der Waals surface area contributed by atoms with Gasteiger partial charge in [0.2, 0.25) is 11.7 Å². The van der Waals surface area contributed by atoms with E-state index in [9.17, 15) is 28.8 Å². The van der Waals surface area contributed by atoms with Crippen LogP contribution in [0.2, 0.25) is 0 Å². The average molecular weight is 900 g/mol. The monoisotopic (exact) mass is 899 g/mol. The van der Waals surface area contributed by atoms with Gasteiger partial charge in [-0.2, -0.15) is 0 Å². The topological polar surface area (TPSA) is 228 Å². The van der Waals surface area contributed by atoms with Crippen molar-refractivity contribution in [1.82, 2.24) is 23.6 Å². The van der Waals surface area contributed by atoms with Gasteiger partial charge in [0, 0.05) is 59.2 Å². The highest BCUT2D eigenvalue weighted by Crippen LogP contribution is 2.42. The van der Waals surface area contributed by atoms with Crippen LogP contribution in [0.4, 0.5) is 27.7 Å². The number of amides is 5. The smallest absolute Gasteiger partial charge is 0.416 e. The SMILES string of the molecule is C=CCOC(=O)N1c2cc(OCCCC(=O)Nc3cnc(C(=O)Nc4cc(C(=O)Nc5cc(C(=O)OC)n(C)c5)n(C)c4)n3C)c(OC)cc2C(=O)N2CCC[C@H]2C1OC1CCCCO1. The van der Waals surface area contributed by atoms with Gasteiger partial charge in [0.15, 0.2) is 24.0 Å². The molecule has 2 fully saturated rings. The molecule has 7 rings (SSSR count). The molecule has 3 N–H and O–H groups in total. The molecular formula is C44H53N9O12. The Morgan fingerprint density at radius 2 is 1.65 bits per heavy atom. The van der Waals surface area contributed by atoms with Gasteiger partial charge in [-0.05, 0) is 56.7 Å². The van der Waals surface area contributed by atoms with Crippen LogP contribution < -0.4 is 30.3 Å². The van der Waals surface area contributed by atoms with Crippen molar-refractivity contribution < 1.29 is 57.2 Å². The zero-order valence-electron chi connectivity index (χ0n) is 36.9. The maximum absolute atomic E-state index is 14.1. The van der Waals surface area contributed by atoms with Crippen LogP contribution >= 0.6 is 0 Å². The Bertz CT molecular complexity index is 2470. The summed E-state index contributed by atoms with van der Waals surface area (Å²) >= 11 is 0. The Balaban J connectivity index is 0.977. The summed E-state index contributed by atoms with van der Waals surface area (Å²) in [5.74, 6) is -1.53. The number of imidazole rings is 1. The highest BCUT2D eigenvalue weighted by atomic mass is 16.7. The van der Waals surface area contributed by atoms with Gasteiger partial charge in [-0.1, -0.05) is 12.7 Å². The van der Waals surface area contributed by atoms with Gasteiger partial charge >= 0.3 is 12.1 Å². The van der Waals surface area contributed by atoms with E-state index in [4.69, 9.17) is 28.4 Å². The molecule has 0 radical (unpaired) electrons. The average Bonchev–Trinajstić information content (AvgIpc) is 4.09. The number of hydrogen-bond donors (Lipinski definition) is 3. The van der Waals surface area contributed by atoms with Crippen molar-refractivity contribution in [2.45, 2.75) is 63.5 Å². The standard InChI is InChI=1S/C44H53N9O12/c1-7-16-64-44(59)53-30-22-34(33(60-5)21-28(30)41(57)52-15-10-12-29(52)42(53)65-37-14-8-9-17-63-37)62-18-11-13-36(54)48-35-23-45-38(51(35)4)40(56)47-26-19-31(49(2)24-26)39(55)46-27-20-32(43(58)61-6)50(3)25-27/h7,19-25,29,37,42H,1,8-18H2,2-6H3,(H,46,55)(H,47,56)(H,48,54)/t29-,37?,42?/m0/s1. The molecule has 3 aliphatic rings. The summed E-state index contributed by atoms with van der Waals surface area (Å²) < 4.78 is 39.0. The van der Waals surface area contributed by atoms with Gasteiger partial charge in [0.05, 0.1) is 55.7 Å². The van der Waals surface area contributed by atoms with Crippen LogP contribution in [0.25, 0.3) is 0 Å². The first-order chi connectivity index (χ1) is 31.3. The van der Waals surface area contributed by atoms with Crippen molar-refractivity contribution in [2.24, 2.45) is 21.1 Å². The minimum atomic E-state index is -0.914. The van der Waals surface area contributed by atoms with E-state index in [0.29, 0.717) is 37.4 Å². The van der Waals surface area contributed by atoms with Crippen LogP contribution in [0.3, 0.4) is 0 Å². The zero-order valence-corrected chi connectivity index (χ0v) is 36.9. The summed E-state index contributed by atoms with van der Waals surface area (Å²) in [6.45, 7) is 4.66. The Hall–Kier alpha value is -7.13. The van der Waals surface area contributed by atoms with Gasteiger partial charge in [0.25, 0.3) is 17.7 Å². The summed E-state index contributed by atoms with van der Waals surface area (Å²) in [6.07, 6.45) is 7.77. The number of anilines is 4. The Morgan fingerprint density at radius 3 is 2.35 bits per heavy atom. The number of fused-ring (bicyclic) bond motifs is 2. The molecule has 21 nitrogen and oxygen atoms in total. The molecule has 0 spiro atoms. The minimum absolute atomic E-state index is 0.00588. The first kappa shape index (κ1) is 45.9. The number of nitrogens with zero attached hydrogens (tertiary/aromatic N) is 6. The fraction of sp³-hybridized carbons (Fsp3) is 0.432. The van der Waals surface area contributed by atoms with E-state index in [1.807, 2.05) is 0 Å². The van der Waals surface area contributed by atoms with Crippen LogP contribution in [-0.2, 0) is 44.9 Å². The van der Waals surface area contributed by atoms with Crippen molar-refractivity contribution in [3.63, 3.8) is 0 Å². The van der Waals surface area contributed by atoms with Gasteiger partial charge in [-0.15, -0.1) is 0 Å². The van der Waals surface area contributed by atoms with Crippen LogP contribution in [-0.4, -0.2) is 118 Å². The molecular weight excluding hydrogens is 847 g/mol. The van der Waals surface area contributed by atoms with Crippen molar-refractivity contribution in [3.8, 4) is 11.5 Å². The van der Waals surface area contributed by atoms with Gasteiger partial charge in [0.1, 0.15) is 23.8 Å². The summed E-state index contributed by atoms with van der Waals surface area (Å²) in [4.78, 5) is 86.7. The number of hydrogen-bond acceptors (Lipinski definition) is 13. The molecule has 2 saturated heterocycles. The van der Waals surface area contributed by atoms with Crippen LogP contribution in [0, 0.1) is 0 Å². The molecule has 2 unspecified atom stereocenters. The number of aromatic nitrogens is 4. The largest absolute Gasteiger partial charge is 0.493 e. The number of esters is 1. The molecule has 0 aliphatic carbocycles. The van der Waals surface area contributed by atoms with Gasteiger partial charge in [-0.3, -0.25) is 19.2 Å². The molecule has 0 bridgehead atoms.